The average Bonchev–Trinajstić information content (AvgIpc) is 2.46. The van der Waals surface area contributed by atoms with E-state index in [-0.39, 0.29) is 42.4 Å². The molecule has 0 spiro atoms. The topological polar surface area (TPSA) is 92.5 Å². The second kappa shape index (κ2) is 17.0. The van der Waals surface area contributed by atoms with Crippen LogP contribution in [0.3, 0.4) is 0 Å². The summed E-state index contributed by atoms with van der Waals surface area (Å²) >= 11 is 0. The van der Waals surface area contributed by atoms with Crippen molar-refractivity contribution in [3.8, 4) is 0 Å². The van der Waals surface area contributed by atoms with Crippen molar-refractivity contribution in [3.63, 3.8) is 0 Å². The van der Waals surface area contributed by atoms with Crippen molar-refractivity contribution in [1.82, 2.24) is 0 Å². The Bertz CT molecular complexity index is 321. The number of carboxylic acid groups (broad SMARTS) is 1. The number of esters is 1. The van der Waals surface area contributed by atoms with Gasteiger partial charge in [0.15, 0.2) is 0 Å². The largest absolute Gasteiger partial charge is 1.00 e. The van der Waals surface area contributed by atoms with Crippen LogP contribution in [0.4, 0.5) is 0 Å². The number of nitrogens with two attached hydrogens (primary N) is 1. The van der Waals surface area contributed by atoms with Crippen LogP contribution in [0.2, 0.25) is 0 Å². The minimum atomic E-state index is -1.22. The molecular formula is C16H28NNaO4. The quantitative estimate of drug-likeness (QED) is 0.204. The number of carboxylic acids is 1. The van der Waals surface area contributed by atoms with Gasteiger partial charge < -0.3 is 20.4 Å². The van der Waals surface area contributed by atoms with Gasteiger partial charge in [-0.15, -0.1) is 0 Å². The molecule has 0 aliphatic carbocycles. The molecule has 0 fully saturated rings. The molecule has 122 valence electrons. The van der Waals surface area contributed by atoms with E-state index in [0.29, 0.717) is 0 Å². The van der Waals surface area contributed by atoms with Crippen LogP contribution in [0.5, 0.6) is 0 Å². The van der Waals surface area contributed by atoms with Crippen LogP contribution in [-0.4, -0.2) is 18.0 Å². The van der Waals surface area contributed by atoms with Crippen LogP contribution >= 0.6 is 0 Å². The Morgan fingerprint density at radius 1 is 1.14 bits per heavy atom. The van der Waals surface area contributed by atoms with Gasteiger partial charge in [0.25, 0.3) is 0 Å². The minimum Gasteiger partial charge on any atom is -0.550 e. The molecule has 0 bridgehead atoms. The van der Waals surface area contributed by atoms with Crippen LogP contribution in [0.15, 0.2) is 12.3 Å². The summed E-state index contributed by atoms with van der Waals surface area (Å²) in [6.45, 7) is 2.20. The molecule has 0 unspecified atom stereocenters. The summed E-state index contributed by atoms with van der Waals surface area (Å²) in [6.07, 6.45) is 12.5. The third-order valence-corrected chi connectivity index (χ3v) is 3.22. The molecular weight excluding hydrogens is 293 g/mol. The van der Waals surface area contributed by atoms with E-state index in [1.807, 2.05) is 0 Å². The maximum Gasteiger partial charge on any atom is 1.00 e. The van der Waals surface area contributed by atoms with Crippen molar-refractivity contribution in [3.05, 3.63) is 12.3 Å². The van der Waals surface area contributed by atoms with E-state index in [9.17, 15) is 14.7 Å². The molecule has 0 saturated heterocycles. The predicted octanol–water partition coefficient (Wildman–Crippen LogP) is -0.955. The number of ether oxygens (including phenoxy) is 1. The zero-order valence-corrected chi connectivity index (χ0v) is 16.0. The molecule has 0 heterocycles. The number of unbranched alkanes of at least 4 members (excludes halogenated alkanes) is 7. The summed E-state index contributed by atoms with van der Waals surface area (Å²) in [5.74, 6) is -1.82. The first-order valence-corrected chi connectivity index (χ1v) is 7.88. The SMILES string of the molecule is CCCCCCCCCC=COC(=O)[C@@H](N)CCC(=O)[O-].[Na+]. The fourth-order valence-electron chi connectivity index (χ4n) is 1.88. The molecule has 22 heavy (non-hydrogen) atoms. The number of carbonyl (C=O) groups excluding carboxylic acids is 2. The van der Waals surface area contributed by atoms with E-state index >= 15 is 0 Å². The van der Waals surface area contributed by atoms with Crippen LogP contribution in [0.1, 0.15) is 71.1 Å². The molecule has 5 nitrogen and oxygen atoms in total. The van der Waals surface area contributed by atoms with Gasteiger partial charge in [0, 0.05) is 5.97 Å². The van der Waals surface area contributed by atoms with Crippen molar-refractivity contribution in [1.29, 1.82) is 0 Å². The first-order chi connectivity index (χ1) is 10.1. The summed E-state index contributed by atoms with van der Waals surface area (Å²) in [4.78, 5) is 21.6. The molecule has 1 atom stereocenters. The van der Waals surface area contributed by atoms with Gasteiger partial charge in [0.2, 0.25) is 0 Å². The predicted molar refractivity (Wildman–Crippen MR) is 80.1 cm³/mol. The molecule has 0 amide bonds. The molecule has 0 aromatic heterocycles. The summed E-state index contributed by atoms with van der Waals surface area (Å²) in [5.41, 5.74) is 5.49. The van der Waals surface area contributed by atoms with Crippen molar-refractivity contribution in [2.75, 3.05) is 0 Å². The average molecular weight is 321 g/mol. The van der Waals surface area contributed by atoms with E-state index in [0.717, 1.165) is 12.8 Å². The fraction of sp³-hybridized carbons (Fsp3) is 0.750. The Morgan fingerprint density at radius 3 is 2.32 bits per heavy atom. The second-order valence-corrected chi connectivity index (χ2v) is 5.24. The fourth-order valence-corrected chi connectivity index (χ4v) is 1.88. The van der Waals surface area contributed by atoms with E-state index < -0.39 is 18.0 Å². The van der Waals surface area contributed by atoms with Crippen LogP contribution in [0, 0.1) is 0 Å². The van der Waals surface area contributed by atoms with Crippen molar-refractivity contribution < 1.29 is 49.0 Å². The Hall–Kier alpha value is -0.360. The van der Waals surface area contributed by atoms with Gasteiger partial charge in [-0.25, -0.2) is 4.79 Å². The van der Waals surface area contributed by atoms with Gasteiger partial charge in [-0.1, -0.05) is 45.4 Å². The van der Waals surface area contributed by atoms with E-state index in [2.05, 4.69) is 6.92 Å². The maximum atomic E-state index is 11.4. The normalized spacial score (nSPS) is 11.9. The minimum absolute atomic E-state index is 0. The number of rotatable bonds is 13. The zero-order valence-electron chi connectivity index (χ0n) is 14.0. The molecule has 0 aliphatic heterocycles. The number of carbonyl (C=O) groups is 2. The molecule has 0 rings (SSSR count). The van der Waals surface area contributed by atoms with Crippen molar-refractivity contribution in [2.45, 2.75) is 77.2 Å². The van der Waals surface area contributed by atoms with E-state index in [4.69, 9.17) is 10.5 Å². The summed E-state index contributed by atoms with van der Waals surface area (Å²) in [5, 5.41) is 10.2. The summed E-state index contributed by atoms with van der Waals surface area (Å²) in [6, 6.07) is -0.911. The van der Waals surface area contributed by atoms with Gasteiger partial charge >= 0.3 is 35.5 Å². The first kappa shape index (κ1) is 23.9. The molecule has 6 heteroatoms. The van der Waals surface area contributed by atoms with E-state index in [1.165, 1.54) is 44.8 Å². The zero-order chi connectivity index (χ0) is 15.9. The number of aliphatic carboxylic acids is 1. The molecule has 0 aromatic rings. The Labute approximate surface area is 156 Å². The van der Waals surface area contributed by atoms with Gasteiger partial charge in [-0.3, -0.25) is 0 Å². The van der Waals surface area contributed by atoms with Gasteiger partial charge in [-0.05, 0) is 31.8 Å². The van der Waals surface area contributed by atoms with Crippen molar-refractivity contribution >= 4 is 11.9 Å². The van der Waals surface area contributed by atoms with Crippen LogP contribution < -0.4 is 40.4 Å². The maximum absolute atomic E-state index is 11.4. The Balaban J connectivity index is 0. The van der Waals surface area contributed by atoms with Gasteiger partial charge in [0.1, 0.15) is 6.04 Å². The second-order valence-electron chi connectivity index (χ2n) is 5.24. The number of hydrogen-bond acceptors (Lipinski definition) is 5. The standard InChI is InChI=1S/C16H29NO4.Na/c1-2-3-4-5-6-7-8-9-10-13-21-16(20)14(17)11-12-15(18)19;/h10,13-14H,2-9,11-12,17H2,1H3,(H,18,19);/q;+1/p-1/t14-;/m0./s1. The third kappa shape index (κ3) is 16.0. The molecule has 0 saturated carbocycles. The van der Waals surface area contributed by atoms with Crippen LogP contribution in [0.25, 0.3) is 0 Å². The number of allylic oxidation sites excluding steroid dienone is 1. The van der Waals surface area contributed by atoms with Crippen molar-refractivity contribution in [2.24, 2.45) is 5.73 Å². The molecule has 0 aromatic carbocycles. The summed E-state index contributed by atoms with van der Waals surface area (Å²) in [7, 11) is 0. The molecule has 2 N–H and O–H groups in total. The monoisotopic (exact) mass is 321 g/mol. The van der Waals surface area contributed by atoms with Gasteiger partial charge in [0.05, 0.1) is 6.26 Å². The number of hydrogen-bond donors (Lipinski definition) is 1. The Morgan fingerprint density at radius 2 is 1.73 bits per heavy atom. The third-order valence-electron chi connectivity index (χ3n) is 3.22. The summed E-state index contributed by atoms with van der Waals surface area (Å²) < 4.78 is 4.84. The molecule has 0 radical (unpaired) electrons. The van der Waals surface area contributed by atoms with Gasteiger partial charge in [-0.2, -0.15) is 0 Å². The van der Waals surface area contributed by atoms with E-state index in [1.54, 1.807) is 6.08 Å². The Kier molecular flexibility index (Phi) is 18.5. The molecule has 0 aliphatic rings. The smallest absolute Gasteiger partial charge is 0.550 e. The first-order valence-electron chi connectivity index (χ1n) is 7.88. The van der Waals surface area contributed by atoms with Crippen LogP contribution in [-0.2, 0) is 14.3 Å².